The average Bonchev–Trinajstić information content (AvgIpc) is 3.49. The van der Waals surface area contributed by atoms with Crippen LogP contribution in [0, 0.1) is 5.82 Å². The Morgan fingerprint density at radius 3 is 2.26 bits per heavy atom. The fourth-order valence-corrected chi connectivity index (χ4v) is 4.82. The van der Waals surface area contributed by atoms with E-state index >= 15 is 0 Å². The molecule has 4 aromatic rings. The van der Waals surface area contributed by atoms with Crippen LogP contribution in [0.25, 0.3) is 0 Å². The van der Waals surface area contributed by atoms with Gasteiger partial charge in [0.25, 0.3) is 0 Å². The van der Waals surface area contributed by atoms with Crippen LogP contribution >= 0.6 is 0 Å². The van der Waals surface area contributed by atoms with Gasteiger partial charge in [-0.05, 0) is 58.7 Å². The molecule has 0 saturated carbocycles. The molecule has 1 N–H and O–H groups in total. The summed E-state index contributed by atoms with van der Waals surface area (Å²) in [6.45, 7) is 0.457. The summed E-state index contributed by atoms with van der Waals surface area (Å²) < 4.78 is 35.3. The Morgan fingerprint density at radius 1 is 0.833 bits per heavy atom. The molecular weight excluding hydrogens is 539 g/mol. The van der Waals surface area contributed by atoms with Crippen LogP contribution in [0.1, 0.15) is 28.3 Å². The number of benzene rings is 4. The minimum Gasteiger partial charge on any atom is -0.493 e. The largest absolute Gasteiger partial charge is 0.493 e. The Kier molecular flexibility index (Phi) is 8.87. The van der Waals surface area contributed by atoms with Crippen LogP contribution in [-0.2, 0) is 29.1 Å². The molecule has 42 heavy (non-hydrogen) atoms. The van der Waals surface area contributed by atoms with Crippen molar-refractivity contribution < 1.29 is 32.9 Å². The number of carbonyl (C=O) groups excluding carboxylic acids is 2. The second-order valence-corrected chi connectivity index (χ2v) is 9.73. The van der Waals surface area contributed by atoms with Gasteiger partial charge in [0.1, 0.15) is 11.9 Å². The summed E-state index contributed by atoms with van der Waals surface area (Å²) in [5.41, 5.74) is 2.83. The van der Waals surface area contributed by atoms with E-state index in [2.05, 4.69) is 5.32 Å². The van der Waals surface area contributed by atoms with E-state index in [1.165, 1.54) is 24.1 Å². The molecule has 9 heteroatoms. The molecule has 5 rings (SSSR count). The lowest BCUT2D eigenvalue weighted by molar-refractivity contribution is -0.141. The van der Waals surface area contributed by atoms with Gasteiger partial charge in [0, 0.05) is 13.1 Å². The number of halogens is 1. The highest BCUT2D eigenvalue weighted by molar-refractivity contribution is 5.89. The summed E-state index contributed by atoms with van der Waals surface area (Å²) in [5.74, 6) is 1.27. The third-order valence-electron chi connectivity index (χ3n) is 6.97. The summed E-state index contributed by atoms with van der Waals surface area (Å²) in [6.07, 6.45) is 0.000321. The Morgan fingerprint density at radius 2 is 1.52 bits per heavy atom. The SMILES string of the molecule is COc1ccc(CC(=O)N(Cc2ccc(F)cc2)[C@@H](C(=O)NCc2ccc3c(c2)OCO3)c2ccccc2)cc1OC. The minimum absolute atomic E-state index is 0.000321. The molecule has 4 aromatic carbocycles. The molecule has 8 nitrogen and oxygen atoms in total. The van der Waals surface area contributed by atoms with E-state index in [0.717, 1.165) is 5.56 Å². The number of hydrogen-bond donors (Lipinski definition) is 1. The fourth-order valence-electron chi connectivity index (χ4n) is 4.82. The molecule has 216 valence electrons. The van der Waals surface area contributed by atoms with Crippen molar-refractivity contribution in [2.45, 2.75) is 25.6 Å². The zero-order chi connectivity index (χ0) is 29.5. The molecule has 1 atom stereocenters. The smallest absolute Gasteiger partial charge is 0.247 e. The van der Waals surface area contributed by atoms with Gasteiger partial charge < -0.3 is 29.2 Å². The first-order valence-electron chi connectivity index (χ1n) is 13.4. The monoisotopic (exact) mass is 570 g/mol. The van der Waals surface area contributed by atoms with E-state index in [0.29, 0.717) is 39.7 Å². The van der Waals surface area contributed by atoms with Gasteiger partial charge in [0.2, 0.25) is 18.6 Å². The maximum atomic E-state index is 14.0. The van der Waals surface area contributed by atoms with Crippen molar-refractivity contribution in [3.05, 3.63) is 119 Å². The van der Waals surface area contributed by atoms with Crippen LogP contribution in [0.15, 0.2) is 91.0 Å². The van der Waals surface area contributed by atoms with Crippen LogP contribution in [0.2, 0.25) is 0 Å². The van der Waals surface area contributed by atoms with Crippen LogP contribution in [0.3, 0.4) is 0 Å². The Hall–Kier alpha value is -5.05. The summed E-state index contributed by atoms with van der Waals surface area (Å²) in [5, 5.41) is 2.99. The first-order chi connectivity index (χ1) is 20.4. The fraction of sp³-hybridized carbons (Fsp3) is 0.212. The minimum atomic E-state index is -0.960. The summed E-state index contributed by atoms with van der Waals surface area (Å²) >= 11 is 0. The maximum Gasteiger partial charge on any atom is 0.247 e. The molecule has 0 saturated heterocycles. The van der Waals surface area contributed by atoms with E-state index in [1.54, 1.807) is 43.5 Å². The third kappa shape index (κ3) is 6.63. The predicted octanol–water partition coefficient (Wildman–Crippen LogP) is 5.20. The third-order valence-corrected chi connectivity index (χ3v) is 6.97. The highest BCUT2D eigenvalue weighted by Gasteiger charge is 2.32. The first kappa shape index (κ1) is 28.5. The molecule has 1 aliphatic heterocycles. The van der Waals surface area contributed by atoms with Crippen LogP contribution in [-0.4, -0.2) is 37.7 Å². The standard InChI is InChI=1S/C33H31FN2O6/c1-39-27-14-10-23(16-29(27)40-2)18-31(37)36(20-22-8-12-26(34)13-9-22)32(25-6-4-3-5-7-25)33(38)35-19-24-11-15-28-30(17-24)42-21-41-28/h3-17,32H,18-21H2,1-2H3,(H,35,38)/t32-/m1/s1. The summed E-state index contributed by atoms with van der Waals surface area (Å²) in [6, 6.07) is 24.8. The molecule has 0 unspecified atom stereocenters. The second kappa shape index (κ2) is 13.1. The topological polar surface area (TPSA) is 86.3 Å². The summed E-state index contributed by atoms with van der Waals surface area (Å²) in [4.78, 5) is 29.5. The number of ether oxygens (including phenoxy) is 4. The average molecular weight is 571 g/mol. The number of carbonyl (C=O) groups is 2. The van der Waals surface area contributed by atoms with Gasteiger partial charge in [-0.2, -0.15) is 0 Å². The lowest BCUT2D eigenvalue weighted by Crippen LogP contribution is -2.43. The Labute approximate surface area is 243 Å². The number of amides is 2. The number of nitrogens with one attached hydrogen (secondary N) is 1. The lowest BCUT2D eigenvalue weighted by Gasteiger charge is -2.32. The van der Waals surface area contributed by atoms with Gasteiger partial charge in [-0.15, -0.1) is 0 Å². The number of methoxy groups -OCH3 is 2. The molecule has 0 fully saturated rings. The molecule has 0 radical (unpaired) electrons. The Bertz CT molecular complexity index is 1540. The zero-order valence-electron chi connectivity index (χ0n) is 23.3. The van der Waals surface area contributed by atoms with Crippen molar-refractivity contribution in [3.8, 4) is 23.0 Å². The van der Waals surface area contributed by atoms with E-state index < -0.39 is 6.04 Å². The van der Waals surface area contributed by atoms with E-state index in [1.807, 2.05) is 42.5 Å². The molecule has 1 aliphatic rings. The van der Waals surface area contributed by atoms with Crippen molar-refractivity contribution in [1.29, 1.82) is 0 Å². The molecule has 2 amide bonds. The molecule has 0 bridgehead atoms. The van der Waals surface area contributed by atoms with Crippen molar-refractivity contribution >= 4 is 11.8 Å². The molecule has 0 spiro atoms. The number of hydrogen-bond acceptors (Lipinski definition) is 6. The van der Waals surface area contributed by atoms with Gasteiger partial charge in [-0.1, -0.05) is 54.6 Å². The van der Waals surface area contributed by atoms with Crippen molar-refractivity contribution in [2.75, 3.05) is 21.0 Å². The number of nitrogens with zero attached hydrogens (tertiary/aromatic N) is 1. The van der Waals surface area contributed by atoms with Gasteiger partial charge in [0.15, 0.2) is 23.0 Å². The van der Waals surface area contributed by atoms with E-state index in [-0.39, 0.29) is 43.9 Å². The number of fused-ring (bicyclic) bond motifs is 1. The van der Waals surface area contributed by atoms with Crippen LogP contribution in [0.5, 0.6) is 23.0 Å². The maximum absolute atomic E-state index is 14.0. The van der Waals surface area contributed by atoms with Gasteiger partial charge in [-0.3, -0.25) is 9.59 Å². The number of rotatable bonds is 11. The van der Waals surface area contributed by atoms with Crippen molar-refractivity contribution in [3.63, 3.8) is 0 Å². The molecule has 1 heterocycles. The van der Waals surface area contributed by atoms with Crippen LogP contribution in [0.4, 0.5) is 4.39 Å². The summed E-state index contributed by atoms with van der Waals surface area (Å²) in [7, 11) is 3.07. The predicted molar refractivity (Wildman–Crippen MR) is 154 cm³/mol. The quantitative estimate of drug-likeness (QED) is 0.267. The molecule has 0 aromatic heterocycles. The second-order valence-electron chi connectivity index (χ2n) is 9.73. The van der Waals surface area contributed by atoms with E-state index in [9.17, 15) is 14.0 Å². The first-order valence-corrected chi connectivity index (χ1v) is 13.4. The zero-order valence-corrected chi connectivity index (χ0v) is 23.3. The van der Waals surface area contributed by atoms with Gasteiger partial charge >= 0.3 is 0 Å². The van der Waals surface area contributed by atoms with Gasteiger partial charge in [-0.25, -0.2) is 4.39 Å². The Balaban J connectivity index is 1.45. The highest BCUT2D eigenvalue weighted by atomic mass is 19.1. The van der Waals surface area contributed by atoms with E-state index in [4.69, 9.17) is 18.9 Å². The highest BCUT2D eigenvalue weighted by Crippen LogP contribution is 2.33. The lowest BCUT2D eigenvalue weighted by atomic mass is 10.0. The van der Waals surface area contributed by atoms with Crippen molar-refractivity contribution in [1.82, 2.24) is 10.2 Å². The normalized spacial score (nSPS) is 12.4. The van der Waals surface area contributed by atoms with Crippen molar-refractivity contribution in [2.24, 2.45) is 0 Å². The van der Waals surface area contributed by atoms with Gasteiger partial charge in [0.05, 0.1) is 20.6 Å². The van der Waals surface area contributed by atoms with Crippen LogP contribution < -0.4 is 24.3 Å². The molecular formula is C33H31FN2O6. The molecule has 0 aliphatic carbocycles.